The Hall–Kier alpha value is -1.56. The molecule has 134 valence electrons. The van der Waals surface area contributed by atoms with E-state index in [9.17, 15) is 0 Å². The molecule has 1 aliphatic carbocycles. The standard InChI is InChI=1S/C18H31N5O/c1-17(2)8-13-9-18(3,10-17)11-23(13)16-14(19)15(21-12-22-16)20-6-5-7-24-4/h12-13H,5-11,19H2,1-4H3,(H,20,21,22). The summed E-state index contributed by atoms with van der Waals surface area (Å²) in [7, 11) is 1.71. The first-order valence-electron chi connectivity index (χ1n) is 8.94. The van der Waals surface area contributed by atoms with E-state index >= 15 is 0 Å². The smallest absolute Gasteiger partial charge is 0.157 e. The molecule has 0 radical (unpaired) electrons. The maximum absolute atomic E-state index is 6.41. The number of nitrogen functional groups attached to an aromatic ring is 1. The number of fused-ring (bicyclic) bond motifs is 2. The van der Waals surface area contributed by atoms with Crippen molar-refractivity contribution >= 4 is 17.3 Å². The summed E-state index contributed by atoms with van der Waals surface area (Å²) in [6.45, 7) is 9.73. The van der Waals surface area contributed by atoms with E-state index < -0.39 is 0 Å². The van der Waals surface area contributed by atoms with Crippen LogP contribution in [0.5, 0.6) is 0 Å². The van der Waals surface area contributed by atoms with E-state index in [1.165, 1.54) is 19.3 Å². The first kappa shape index (κ1) is 17.3. The molecule has 0 amide bonds. The van der Waals surface area contributed by atoms with Crippen LogP contribution in [0.4, 0.5) is 17.3 Å². The molecule has 24 heavy (non-hydrogen) atoms. The predicted molar refractivity (Wildman–Crippen MR) is 98.3 cm³/mol. The summed E-state index contributed by atoms with van der Waals surface area (Å²) in [6.07, 6.45) is 6.24. The summed E-state index contributed by atoms with van der Waals surface area (Å²) < 4.78 is 5.08. The van der Waals surface area contributed by atoms with Gasteiger partial charge in [0.25, 0.3) is 0 Å². The van der Waals surface area contributed by atoms with E-state index in [-0.39, 0.29) is 0 Å². The van der Waals surface area contributed by atoms with Gasteiger partial charge in [-0.25, -0.2) is 9.97 Å². The van der Waals surface area contributed by atoms with Gasteiger partial charge in [0.1, 0.15) is 12.0 Å². The molecule has 0 aromatic carbocycles. The fourth-order valence-corrected chi connectivity index (χ4v) is 4.89. The highest BCUT2D eigenvalue weighted by molar-refractivity contribution is 5.75. The topological polar surface area (TPSA) is 76.3 Å². The second-order valence-electron chi connectivity index (χ2n) is 8.57. The molecule has 2 unspecified atom stereocenters. The van der Waals surface area contributed by atoms with Crippen molar-refractivity contribution in [3.05, 3.63) is 6.33 Å². The molecule has 2 fully saturated rings. The summed E-state index contributed by atoms with van der Waals surface area (Å²) in [5.74, 6) is 1.63. The third-order valence-corrected chi connectivity index (χ3v) is 5.37. The minimum Gasteiger partial charge on any atom is -0.393 e. The number of methoxy groups -OCH3 is 1. The van der Waals surface area contributed by atoms with Gasteiger partial charge in [0.15, 0.2) is 11.6 Å². The van der Waals surface area contributed by atoms with Crippen LogP contribution in [0.25, 0.3) is 0 Å². The highest BCUT2D eigenvalue weighted by Crippen LogP contribution is 2.53. The Morgan fingerprint density at radius 1 is 1.33 bits per heavy atom. The van der Waals surface area contributed by atoms with Gasteiger partial charge in [-0.3, -0.25) is 0 Å². The molecule has 6 heteroatoms. The number of nitrogens with zero attached hydrogens (tertiary/aromatic N) is 3. The normalized spacial score (nSPS) is 28.2. The predicted octanol–water partition coefficient (Wildman–Crippen LogP) is 2.91. The third kappa shape index (κ3) is 3.43. The summed E-state index contributed by atoms with van der Waals surface area (Å²) in [6, 6.07) is 0.525. The van der Waals surface area contributed by atoms with Crippen molar-refractivity contribution in [3.63, 3.8) is 0 Å². The molecule has 1 aliphatic heterocycles. The van der Waals surface area contributed by atoms with Crippen LogP contribution in [-0.2, 0) is 4.74 Å². The van der Waals surface area contributed by atoms with Crippen molar-refractivity contribution in [1.29, 1.82) is 0 Å². The Morgan fingerprint density at radius 3 is 2.88 bits per heavy atom. The van der Waals surface area contributed by atoms with Crippen molar-refractivity contribution in [1.82, 2.24) is 9.97 Å². The fraction of sp³-hybridized carbons (Fsp3) is 0.778. The molecule has 2 atom stereocenters. The maximum Gasteiger partial charge on any atom is 0.157 e. The quantitative estimate of drug-likeness (QED) is 0.780. The molecule has 1 saturated carbocycles. The molecule has 1 aromatic rings. The zero-order valence-electron chi connectivity index (χ0n) is 15.4. The number of ether oxygens (including phenoxy) is 1. The molecule has 3 rings (SSSR count). The van der Waals surface area contributed by atoms with Crippen LogP contribution in [0.3, 0.4) is 0 Å². The molecular weight excluding hydrogens is 302 g/mol. The minimum atomic E-state index is 0.357. The van der Waals surface area contributed by atoms with Gasteiger partial charge in [0.05, 0.1) is 0 Å². The van der Waals surface area contributed by atoms with Crippen molar-refractivity contribution in [3.8, 4) is 0 Å². The zero-order chi connectivity index (χ0) is 17.4. The Morgan fingerprint density at radius 2 is 2.12 bits per heavy atom. The summed E-state index contributed by atoms with van der Waals surface area (Å²) in [5, 5.41) is 3.31. The van der Waals surface area contributed by atoms with Gasteiger partial charge in [0.2, 0.25) is 0 Å². The van der Waals surface area contributed by atoms with Crippen molar-refractivity contribution in [2.75, 3.05) is 42.8 Å². The number of aromatic nitrogens is 2. The Kier molecular flexibility index (Phi) is 4.60. The largest absolute Gasteiger partial charge is 0.393 e. The van der Waals surface area contributed by atoms with Gasteiger partial charge in [-0.1, -0.05) is 20.8 Å². The van der Waals surface area contributed by atoms with E-state index in [4.69, 9.17) is 10.5 Å². The maximum atomic E-state index is 6.41. The fourth-order valence-electron chi connectivity index (χ4n) is 4.89. The van der Waals surface area contributed by atoms with Gasteiger partial charge in [-0.05, 0) is 36.5 Å². The van der Waals surface area contributed by atoms with Gasteiger partial charge >= 0.3 is 0 Å². The second-order valence-corrected chi connectivity index (χ2v) is 8.57. The van der Waals surface area contributed by atoms with Crippen molar-refractivity contribution in [2.45, 2.75) is 52.5 Å². The Labute approximate surface area is 145 Å². The lowest BCUT2D eigenvalue weighted by Crippen LogP contribution is -2.35. The molecule has 6 nitrogen and oxygen atoms in total. The monoisotopic (exact) mass is 333 g/mol. The van der Waals surface area contributed by atoms with Crippen LogP contribution in [0.1, 0.15) is 46.5 Å². The van der Waals surface area contributed by atoms with E-state index in [1.807, 2.05) is 0 Å². The summed E-state index contributed by atoms with van der Waals surface area (Å²) in [5.41, 5.74) is 7.82. The van der Waals surface area contributed by atoms with Crippen LogP contribution < -0.4 is 16.0 Å². The average molecular weight is 333 g/mol. The summed E-state index contributed by atoms with van der Waals surface area (Å²) in [4.78, 5) is 11.3. The highest BCUT2D eigenvalue weighted by atomic mass is 16.5. The minimum absolute atomic E-state index is 0.357. The van der Waals surface area contributed by atoms with Gasteiger partial charge in [-0.15, -0.1) is 0 Å². The van der Waals surface area contributed by atoms with Gasteiger partial charge < -0.3 is 20.7 Å². The Balaban J connectivity index is 1.78. The lowest BCUT2D eigenvalue weighted by molar-refractivity contribution is 0.136. The second kappa shape index (κ2) is 6.39. The SMILES string of the molecule is COCCCNc1ncnc(N2CC3(C)CC2CC(C)(C)C3)c1N. The molecule has 1 aromatic heterocycles. The average Bonchev–Trinajstić information content (AvgIpc) is 2.74. The number of nitrogens with two attached hydrogens (primary N) is 1. The number of anilines is 3. The molecule has 2 aliphatic rings. The molecule has 0 spiro atoms. The van der Waals surface area contributed by atoms with Crippen LogP contribution in [0.15, 0.2) is 6.33 Å². The number of nitrogens with one attached hydrogen (secondary N) is 1. The molecule has 2 bridgehead atoms. The van der Waals surface area contributed by atoms with E-state index in [2.05, 4.69) is 41.0 Å². The van der Waals surface area contributed by atoms with E-state index in [0.29, 0.717) is 22.6 Å². The number of hydrogen-bond donors (Lipinski definition) is 2. The molecule has 1 saturated heterocycles. The van der Waals surface area contributed by atoms with Crippen LogP contribution in [0, 0.1) is 10.8 Å². The molecule has 3 N–H and O–H groups in total. The Bertz CT molecular complexity index is 591. The van der Waals surface area contributed by atoms with Crippen molar-refractivity contribution in [2.24, 2.45) is 10.8 Å². The van der Waals surface area contributed by atoms with Gasteiger partial charge in [-0.2, -0.15) is 0 Å². The van der Waals surface area contributed by atoms with E-state index in [0.717, 1.165) is 37.8 Å². The first-order chi connectivity index (χ1) is 11.3. The summed E-state index contributed by atoms with van der Waals surface area (Å²) >= 11 is 0. The van der Waals surface area contributed by atoms with Crippen molar-refractivity contribution < 1.29 is 4.74 Å². The lowest BCUT2D eigenvalue weighted by atomic mass is 9.65. The number of hydrogen-bond acceptors (Lipinski definition) is 6. The zero-order valence-corrected chi connectivity index (χ0v) is 15.4. The highest BCUT2D eigenvalue weighted by Gasteiger charge is 2.50. The van der Waals surface area contributed by atoms with Gasteiger partial charge in [0, 0.05) is 32.8 Å². The lowest BCUT2D eigenvalue weighted by Gasteiger charge is -2.39. The van der Waals surface area contributed by atoms with Crippen LogP contribution in [-0.4, -0.2) is 42.8 Å². The van der Waals surface area contributed by atoms with E-state index in [1.54, 1.807) is 13.4 Å². The third-order valence-electron chi connectivity index (χ3n) is 5.37. The van der Waals surface area contributed by atoms with Crippen LogP contribution >= 0.6 is 0 Å². The number of rotatable bonds is 6. The van der Waals surface area contributed by atoms with Crippen LogP contribution in [0.2, 0.25) is 0 Å². The first-order valence-corrected chi connectivity index (χ1v) is 8.94. The molecular formula is C18H31N5O. The molecule has 2 heterocycles.